The normalized spacial score (nSPS) is 13.2. The molecule has 2 atom stereocenters. The number of aliphatic carboxylic acids is 1. The topological polar surface area (TPSA) is 122 Å². The number of amides is 3. The summed E-state index contributed by atoms with van der Waals surface area (Å²) < 4.78 is 0. The number of nitrogens with two attached hydrogens (primary N) is 1. The number of nitrogens with one attached hydrogen (secondary N) is 2. The zero-order chi connectivity index (χ0) is 16.3. The first-order valence-electron chi connectivity index (χ1n) is 7.48. The summed E-state index contributed by atoms with van der Waals surface area (Å²) in [6.45, 7) is 4.11. The van der Waals surface area contributed by atoms with E-state index in [1.165, 1.54) is 0 Å². The minimum absolute atomic E-state index is 0.00844. The van der Waals surface area contributed by atoms with Crippen molar-refractivity contribution in [3.05, 3.63) is 0 Å². The van der Waals surface area contributed by atoms with E-state index in [1.54, 1.807) is 0 Å². The first-order valence-corrected chi connectivity index (χ1v) is 7.48. The fraction of sp³-hybridized carbons (Fsp3) is 0.786. The highest BCUT2D eigenvalue weighted by Gasteiger charge is 2.21. The molecule has 21 heavy (non-hydrogen) atoms. The van der Waals surface area contributed by atoms with E-state index in [0.717, 1.165) is 32.1 Å². The smallest absolute Gasteiger partial charge is 0.326 e. The molecule has 0 aliphatic rings. The summed E-state index contributed by atoms with van der Waals surface area (Å²) in [7, 11) is 0. The quantitative estimate of drug-likeness (QED) is 0.460. The minimum atomic E-state index is -1.17. The molecule has 0 bridgehead atoms. The van der Waals surface area contributed by atoms with E-state index < -0.39 is 23.9 Å². The number of rotatable bonds is 11. The van der Waals surface area contributed by atoms with Crippen molar-refractivity contribution >= 4 is 17.9 Å². The summed E-state index contributed by atoms with van der Waals surface area (Å²) in [5, 5.41) is 14.2. The third-order valence-corrected chi connectivity index (χ3v) is 3.16. The van der Waals surface area contributed by atoms with E-state index >= 15 is 0 Å². The van der Waals surface area contributed by atoms with Crippen molar-refractivity contribution in [1.82, 2.24) is 10.6 Å². The van der Waals surface area contributed by atoms with Crippen LogP contribution >= 0.6 is 0 Å². The summed E-state index contributed by atoms with van der Waals surface area (Å²) >= 11 is 0. The van der Waals surface area contributed by atoms with Gasteiger partial charge in [0.05, 0.1) is 0 Å². The van der Waals surface area contributed by atoms with Gasteiger partial charge >= 0.3 is 12.0 Å². The van der Waals surface area contributed by atoms with Crippen molar-refractivity contribution in [2.75, 3.05) is 0 Å². The Morgan fingerprint density at radius 3 is 2.19 bits per heavy atom. The Labute approximate surface area is 125 Å². The summed E-state index contributed by atoms with van der Waals surface area (Å²) in [6.07, 6.45) is 4.63. The molecule has 0 radical (unpaired) electrons. The molecule has 0 aromatic carbocycles. The van der Waals surface area contributed by atoms with Crippen LogP contribution in [-0.4, -0.2) is 35.1 Å². The zero-order valence-corrected chi connectivity index (χ0v) is 12.9. The fourth-order valence-electron chi connectivity index (χ4n) is 2.02. The fourth-order valence-corrected chi connectivity index (χ4v) is 2.02. The Morgan fingerprint density at radius 1 is 1.05 bits per heavy atom. The average molecular weight is 301 g/mol. The third-order valence-electron chi connectivity index (χ3n) is 3.16. The van der Waals surface area contributed by atoms with Crippen LogP contribution in [0.25, 0.3) is 0 Å². The Morgan fingerprint density at radius 2 is 1.71 bits per heavy atom. The second kappa shape index (κ2) is 10.9. The van der Waals surface area contributed by atoms with Crippen molar-refractivity contribution in [2.45, 2.75) is 70.9 Å². The van der Waals surface area contributed by atoms with Gasteiger partial charge in [0.1, 0.15) is 6.04 Å². The molecule has 0 aromatic heterocycles. The lowest BCUT2D eigenvalue weighted by atomic mass is 10.1. The zero-order valence-electron chi connectivity index (χ0n) is 12.9. The molecule has 2 unspecified atom stereocenters. The summed E-state index contributed by atoms with van der Waals surface area (Å²) in [6, 6.07) is -1.58. The predicted octanol–water partition coefficient (Wildman–Crippen LogP) is 1.36. The second-order valence-electron chi connectivity index (χ2n) is 5.14. The van der Waals surface area contributed by atoms with Gasteiger partial charge in [-0.2, -0.15) is 0 Å². The number of carbonyl (C=O) groups is 3. The first-order chi connectivity index (χ1) is 9.90. The van der Waals surface area contributed by atoms with E-state index in [1.807, 2.05) is 6.92 Å². The van der Waals surface area contributed by atoms with Gasteiger partial charge in [-0.25, -0.2) is 9.59 Å². The van der Waals surface area contributed by atoms with Gasteiger partial charge in [0.2, 0.25) is 5.91 Å². The third kappa shape index (κ3) is 9.70. The maximum atomic E-state index is 11.8. The summed E-state index contributed by atoms with van der Waals surface area (Å²) in [4.78, 5) is 33.6. The van der Waals surface area contributed by atoms with Crippen LogP contribution in [0.5, 0.6) is 0 Å². The largest absolute Gasteiger partial charge is 0.480 e. The molecule has 0 aliphatic carbocycles. The Kier molecular flexibility index (Phi) is 10.0. The maximum absolute atomic E-state index is 11.8. The van der Waals surface area contributed by atoms with Crippen molar-refractivity contribution in [2.24, 2.45) is 5.73 Å². The number of urea groups is 1. The minimum Gasteiger partial charge on any atom is -0.480 e. The maximum Gasteiger partial charge on any atom is 0.326 e. The molecule has 0 aromatic rings. The molecule has 0 rings (SSSR count). The Bertz CT molecular complexity index is 347. The monoisotopic (exact) mass is 301 g/mol. The van der Waals surface area contributed by atoms with Gasteiger partial charge in [-0.15, -0.1) is 0 Å². The molecule has 122 valence electrons. The molecule has 0 fully saturated rings. The van der Waals surface area contributed by atoms with Gasteiger partial charge in [-0.1, -0.05) is 33.1 Å². The molecule has 0 spiro atoms. The van der Waals surface area contributed by atoms with Crippen molar-refractivity contribution in [3.63, 3.8) is 0 Å². The highest BCUT2D eigenvalue weighted by Crippen LogP contribution is 2.07. The number of hydrogen-bond acceptors (Lipinski definition) is 3. The number of primary amides is 1. The van der Waals surface area contributed by atoms with Gasteiger partial charge < -0.3 is 21.5 Å². The standard InChI is InChI=1S/C14H27N3O4/c1-3-5-7-10(6-4-2)16-14(21)17-11(13(19)20)8-9-12(15)18/h10-11H,3-9H2,1-2H3,(H2,15,18)(H,19,20)(H2,16,17,21). The Balaban J connectivity index is 4.37. The predicted molar refractivity (Wildman–Crippen MR) is 79.7 cm³/mol. The molecule has 0 heterocycles. The number of unbranched alkanes of at least 4 members (excludes halogenated alkanes) is 1. The van der Waals surface area contributed by atoms with Gasteiger partial charge in [0, 0.05) is 12.5 Å². The van der Waals surface area contributed by atoms with E-state index in [4.69, 9.17) is 10.8 Å². The van der Waals surface area contributed by atoms with E-state index in [0.29, 0.717) is 0 Å². The SMILES string of the molecule is CCCCC(CCC)NC(=O)NC(CCC(N)=O)C(=O)O. The first kappa shape index (κ1) is 19.2. The number of hydrogen-bond donors (Lipinski definition) is 4. The molecule has 0 saturated heterocycles. The molecule has 7 heteroatoms. The van der Waals surface area contributed by atoms with Crippen LogP contribution in [0.2, 0.25) is 0 Å². The van der Waals surface area contributed by atoms with Crippen molar-refractivity contribution in [1.29, 1.82) is 0 Å². The van der Waals surface area contributed by atoms with Gasteiger partial charge in [-0.3, -0.25) is 4.79 Å². The van der Waals surface area contributed by atoms with E-state index in [-0.39, 0.29) is 18.9 Å². The number of carboxylic acids is 1. The summed E-state index contributed by atoms with van der Waals surface area (Å²) in [5.74, 6) is -1.76. The molecular weight excluding hydrogens is 274 g/mol. The molecule has 7 nitrogen and oxygen atoms in total. The highest BCUT2D eigenvalue weighted by molar-refractivity contribution is 5.83. The van der Waals surface area contributed by atoms with Crippen molar-refractivity contribution in [3.8, 4) is 0 Å². The highest BCUT2D eigenvalue weighted by atomic mass is 16.4. The van der Waals surface area contributed by atoms with Crippen LogP contribution < -0.4 is 16.4 Å². The lowest BCUT2D eigenvalue weighted by Crippen LogP contribution is -2.49. The number of carboxylic acid groups (broad SMARTS) is 1. The van der Waals surface area contributed by atoms with Crippen LogP contribution in [0.4, 0.5) is 4.79 Å². The van der Waals surface area contributed by atoms with Gasteiger partial charge in [-0.05, 0) is 19.3 Å². The van der Waals surface area contributed by atoms with Crippen LogP contribution in [0.1, 0.15) is 58.8 Å². The summed E-state index contributed by atoms with van der Waals surface area (Å²) in [5.41, 5.74) is 4.99. The average Bonchev–Trinajstić information content (AvgIpc) is 2.40. The second-order valence-corrected chi connectivity index (χ2v) is 5.14. The molecule has 3 amide bonds. The molecular formula is C14H27N3O4. The van der Waals surface area contributed by atoms with E-state index in [2.05, 4.69) is 17.6 Å². The van der Waals surface area contributed by atoms with Crippen LogP contribution in [-0.2, 0) is 9.59 Å². The van der Waals surface area contributed by atoms with Crippen LogP contribution in [0, 0.1) is 0 Å². The van der Waals surface area contributed by atoms with Gasteiger partial charge in [0.25, 0.3) is 0 Å². The Hall–Kier alpha value is -1.79. The lowest BCUT2D eigenvalue weighted by molar-refractivity contribution is -0.139. The lowest BCUT2D eigenvalue weighted by Gasteiger charge is -2.20. The molecule has 0 saturated carbocycles. The van der Waals surface area contributed by atoms with Gasteiger partial charge in [0.15, 0.2) is 0 Å². The van der Waals surface area contributed by atoms with Crippen molar-refractivity contribution < 1.29 is 19.5 Å². The molecule has 0 aliphatic heterocycles. The van der Waals surface area contributed by atoms with Crippen LogP contribution in [0.15, 0.2) is 0 Å². The van der Waals surface area contributed by atoms with E-state index in [9.17, 15) is 14.4 Å². The van der Waals surface area contributed by atoms with Crippen LogP contribution in [0.3, 0.4) is 0 Å². The number of carbonyl (C=O) groups excluding carboxylic acids is 2. The molecule has 5 N–H and O–H groups in total.